The Morgan fingerprint density at radius 3 is 2.85 bits per heavy atom. The van der Waals surface area contributed by atoms with E-state index in [1.165, 1.54) is 12.1 Å². The van der Waals surface area contributed by atoms with Crippen molar-refractivity contribution in [1.29, 1.82) is 5.26 Å². The average Bonchev–Trinajstić information content (AvgIpc) is 2.81. The van der Waals surface area contributed by atoms with E-state index in [0.717, 1.165) is 23.9 Å². The maximum atomic E-state index is 13.1. The Labute approximate surface area is 188 Å². The van der Waals surface area contributed by atoms with E-state index in [9.17, 15) is 25.0 Å². The summed E-state index contributed by atoms with van der Waals surface area (Å²) in [6.07, 6.45) is 0.703. The fourth-order valence-corrected chi connectivity index (χ4v) is 3.80. The Morgan fingerprint density at radius 2 is 2.09 bits per heavy atom. The SMILES string of the molecule is CN1CCc2nc3ccccc3c(C(=O)OCC(=O)Nc3ccc([N+](=O)[O-])cc3C#N)c2C1. The lowest BCUT2D eigenvalue weighted by Gasteiger charge is -2.26. The van der Waals surface area contributed by atoms with Gasteiger partial charge in [0.1, 0.15) is 6.07 Å². The molecule has 0 radical (unpaired) electrons. The van der Waals surface area contributed by atoms with E-state index in [4.69, 9.17) is 9.72 Å². The van der Waals surface area contributed by atoms with Crippen molar-refractivity contribution >= 4 is 34.2 Å². The predicted octanol–water partition coefficient (Wildman–Crippen LogP) is 2.80. The van der Waals surface area contributed by atoms with Crippen molar-refractivity contribution in [2.45, 2.75) is 13.0 Å². The number of pyridine rings is 1. The number of nitro benzene ring substituents is 1. The van der Waals surface area contributed by atoms with Gasteiger partial charge in [-0.1, -0.05) is 18.2 Å². The molecule has 0 aliphatic carbocycles. The lowest BCUT2D eigenvalue weighted by molar-refractivity contribution is -0.384. The number of nitriles is 1. The molecule has 1 amide bonds. The molecule has 33 heavy (non-hydrogen) atoms. The van der Waals surface area contributed by atoms with Gasteiger partial charge in [0.25, 0.3) is 11.6 Å². The number of anilines is 1. The van der Waals surface area contributed by atoms with E-state index in [1.807, 2.05) is 25.2 Å². The van der Waals surface area contributed by atoms with Gasteiger partial charge in [0.15, 0.2) is 6.61 Å². The van der Waals surface area contributed by atoms with Crippen LogP contribution in [0.2, 0.25) is 0 Å². The molecular weight excluding hydrogens is 426 g/mol. The van der Waals surface area contributed by atoms with Crippen LogP contribution in [0.4, 0.5) is 11.4 Å². The summed E-state index contributed by atoms with van der Waals surface area (Å²) >= 11 is 0. The Kier molecular flexibility index (Phi) is 5.97. The van der Waals surface area contributed by atoms with Gasteiger partial charge in [0, 0.05) is 48.3 Å². The first-order valence-electron chi connectivity index (χ1n) is 10.1. The molecular formula is C23H19N5O5. The molecule has 1 aliphatic heterocycles. The molecule has 10 heteroatoms. The Bertz CT molecular complexity index is 1330. The van der Waals surface area contributed by atoms with Crippen LogP contribution >= 0.6 is 0 Å². The highest BCUT2D eigenvalue weighted by molar-refractivity contribution is 6.06. The Balaban J connectivity index is 1.54. The van der Waals surface area contributed by atoms with Crippen molar-refractivity contribution in [2.24, 2.45) is 0 Å². The maximum absolute atomic E-state index is 13.1. The molecule has 3 aromatic rings. The van der Waals surface area contributed by atoms with Gasteiger partial charge in [0.2, 0.25) is 0 Å². The van der Waals surface area contributed by atoms with Gasteiger partial charge in [-0.05, 0) is 19.2 Å². The van der Waals surface area contributed by atoms with Crippen LogP contribution in [-0.4, -0.2) is 46.9 Å². The van der Waals surface area contributed by atoms with E-state index in [2.05, 4.69) is 10.2 Å². The van der Waals surface area contributed by atoms with Crippen molar-refractivity contribution in [3.8, 4) is 6.07 Å². The fraction of sp³-hybridized carbons (Fsp3) is 0.217. The number of rotatable bonds is 5. The number of ether oxygens (including phenoxy) is 1. The maximum Gasteiger partial charge on any atom is 0.339 e. The van der Waals surface area contributed by atoms with Crippen LogP contribution in [0.1, 0.15) is 27.2 Å². The lowest BCUT2D eigenvalue weighted by atomic mass is 9.96. The van der Waals surface area contributed by atoms with Gasteiger partial charge in [-0.25, -0.2) is 4.79 Å². The van der Waals surface area contributed by atoms with Gasteiger partial charge in [0.05, 0.1) is 27.3 Å². The third-order valence-corrected chi connectivity index (χ3v) is 5.38. The van der Waals surface area contributed by atoms with E-state index in [-0.39, 0.29) is 16.9 Å². The van der Waals surface area contributed by atoms with Crippen LogP contribution in [0.25, 0.3) is 10.9 Å². The number of benzene rings is 2. The third-order valence-electron chi connectivity index (χ3n) is 5.38. The molecule has 0 bridgehead atoms. The van der Waals surface area contributed by atoms with Gasteiger partial charge < -0.3 is 15.0 Å². The van der Waals surface area contributed by atoms with Crippen molar-refractivity contribution in [3.63, 3.8) is 0 Å². The van der Waals surface area contributed by atoms with Crippen LogP contribution < -0.4 is 5.32 Å². The zero-order valence-corrected chi connectivity index (χ0v) is 17.7. The summed E-state index contributed by atoms with van der Waals surface area (Å²) in [4.78, 5) is 42.5. The van der Waals surface area contributed by atoms with Crippen LogP contribution in [0.3, 0.4) is 0 Å². The Morgan fingerprint density at radius 1 is 1.30 bits per heavy atom. The van der Waals surface area contributed by atoms with E-state index in [1.54, 1.807) is 12.1 Å². The topological polar surface area (TPSA) is 138 Å². The van der Waals surface area contributed by atoms with E-state index >= 15 is 0 Å². The predicted molar refractivity (Wildman–Crippen MR) is 119 cm³/mol. The largest absolute Gasteiger partial charge is 0.452 e. The lowest BCUT2D eigenvalue weighted by Crippen LogP contribution is -2.30. The molecule has 2 aromatic carbocycles. The van der Waals surface area contributed by atoms with Crippen molar-refractivity contribution < 1.29 is 19.2 Å². The molecule has 166 valence electrons. The fourth-order valence-electron chi connectivity index (χ4n) is 3.80. The summed E-state index contributed by atoms with van der Waals surface area (Å²) < 4.78 is 5.32. The number of hydrogen-bond donors (Lipinski definition) is 1. The second-order valence-electron chi connectivity index (χ2n) is 7.64. The van der Waals surface area contributed by atoms with Crippen LogP contribution in [0, 0.1) is 21.4 Å². The summed E-state index contributed by atoms with van der Waals surface area (Å²) in [5.41, 5.74) is 2.46. The second-order valence-corrected chi connectivity index (χ2v) is 7.64. The van der Waals surface area contributed by atoms with Crippen LogP contribution in [-0.2, 0) is 22.5 Å². The highest BCUT2D eigenvalue weighted by Gasteiger charge is 2.26. The molecule has 4 rings (SSSR count). The number of carbonyl (C=O) groups is 2. The third kappa shape index (κ3) is 4.49. The van der Waals surface area contributed by atoms with E-state index in [0.29, 0.717) is 29.4 Å². The monoisotopic (exact) mass is 445 g/mol. The van der Waals surface area contributed by atoms with Gasteiger partial charge >= 0.3 is 5.97 Å². The van der Waals surface area contributed by atoms with Crippen LogP contribution in [0.15, 0.2) is 42.5 Å². The summed E-state index contributed by atoms with van der Waals surface area (Å²) in [6.45, 7) is 0.784. The highest BCUT2D eigenvalue weighted by Crippen LogP contribution is 2.28. The molecule has 2 heterocycles. The number of fused-ring (bicyclic) bond motifs is 2. The molecule has 0 unspecified atom stereocenters. The van der Waals surface area contributed by atoms with Crippen LogP contribution in [0.5, 0.6) is 0 Å². The number of aromatic nitrogens is 1. The minimum absolute atomic E-state index is 0.0684. The first-order chi connectivity index (χ1) is 15.9. The molecule has 1 aromatic heterocycles. The molecule has 10 nitrogen and oxygen atoms in total. The number of non-ortho nitro benzene ring substituents is 1. The molecule has 1 N–H and O–H groups in total. The minimum Gasteiger partial charge on any atom is -0.452 e. The number of hydrogen-bond acceptors (Lipinski definition) is 8. The summed E-state index contributed by atoms with van der Waals surface area (Å²) in [7, 11) is 1.96. The summed E-state index contributed by atoms with van der Waals surface area (Å²) in [5, 5.41) is 23.2. The first kappa shape index (κ1) is 21.9. The minimum atomic E-state index is -0.668. The first-order valence-corrected chi connectivity index (χ1v) is 10.1. The molecule has 0 saturated heterocycles. The Hall–Kier alpha value is -4.36. The number of para-hydroxylation sites is 1. The second kappa shape index (κ2) is 9.02. The van der Waals surface area contributed by atoms with Gasteiger partial charge in [-0.15, -0.1) is 0 Å². The standard InChI is InChI=1S/C23H19N5O5/c1-27-9-8-20-17(12-27)22(16-4-2-3-5-19(16)25-20)23(30)33-13-21(29)26-18-7-6-15(28(31)32)10-14(18)11-24/h2-7,10H,8-9,12-13H2,1H3,(H,26,29). The number of nitrogens with one attached hydrogen (secondary N) is 1. The number of nitro groups is 1. The number of likely N-dealkylation sites (N-methyl/N-ethyl adjacent to an activating group) is 1. The van der Waals surface area contributed by atoms with Crippen molar-refractivity contribution in [3.05, 3.63) is 75.0 Å². The number of carbonyl (C=O) groups excluding carboxylic acids is 2. The smallest absolute Gasteiger partial charge is 0.339 e. The molecule has 0 fully saturated rings. The van der Waals surface area contributed by atoms with E-state index < -0.39 is 23.4 Å². The number of amides is 1. The molecule has 0 saturated carbocycles. The average molecular weight is 445 g/mol. The molecule has 0 spiro atoms. The quantitative estimate of drug-likeness (QED) is 0.359. The van der Waals surface area contributed by atoms with Crippen molar-refractivity contribution in [2.75, 3.05) is 25.5 Å². The normalized spacial score (nSPS) is 13.1. The zero-order valence-electron chi connectivity index (χ0n) is 17.7. The highest BCUT2D eigenvalue weighted by atomic mass is 16.6. The van der Waals surface area contributed by atoms with Crippen molar-refractivity contribution in [1.82, 2.24) is 9.88 Å². The zero-order chi connectivity index (χ0) is 23.5. The molecule has 0 atom stereocenters. The number of nitrogens with zero attached hydrogens (tertiary/aromatic N) is 4. The summed E-state index contributed by atoms with van der Waals surface area (Å²) in [6, 6.07) is 12.6. The van der Waals surface area contributed by atoms with Gasteiger partial charge in [-0.2, -0.15) is 5.26 Å². The number of esters is 1. The molecule has 1 aliphatic rings. The van der Waals surface area contributed by atoms with Gasteiger partial charge in [-0.3, -0.25) is 19.9 Å². The summed E-state index contributed by atoms with van der Waals surface area (Å²) in [5.74, 6) is -1.31.